The summed E-state index contributed by atoms with van der Waals surface area (Å²) < 4.78 is 17.9. The van der Waals surface area contributed by atoms with Crippen molar-refractivity contribution < 1.29 is 19.2 Å². The van der Waals surface area contributed by atoms with Gasteiger partial charge < -0.3 is 19.2 Å². The lowest BCUT2D eigenvalue weighted by atomic mass is 9.76. The van der Waals surface area contributed by atoms with Gasteiger partial charge >= 0.3 is 7.12 Å². The first-order chi connectivity index (χ1) is 12.5. The summed E-state index contributed by atoms with van der Waals surface area (Å²) in [5.41, 5.74) is 1.54. The standard InChI is InChI=1S/C22H29BO4/c1-15-9-8-10-16(13-15)22(6,24)17-11-12-18(19(14-17)25-7)23-26-20(2,3)21(4,5)27-23/h8-14,24H,1-7H3. The second kappa shape index (κ2) is 6.66. The average Bonchev–Trinajstić information content (AvgIpc) is 2.81. The number of aliphatic hydroxyl groups is 1. The third kappa shape index (κ3) is 3.52. The smallest absolute Gasteiger partial charge is 0.497 e. The Morgan fingerprint density at radius 3 is 2.11 bits per heavy atom. The zero-order valence-electron chi connectivity index (χ0n) is 17.3. The molecule has 1 atom stereocenters. The lowest BCUT2D eigenvalue weighted by Crippen LogP contribution is -2.41. The molecule has 2 aromatic rings. The molecule has 1 unspecified atom stereocenters. The third-order valence-corrected chi connectivity index (χ3v) is 5.88. The highest BCUT2D eigenvalue weighted by atomic mass is 16.7. The van der Waals surface area contributed by atoms with Gasteiger partial charge in [-0.05, 0) is 58.7 Å². The molecule has 144 valence electrons. The summed E-state index contributed by atoms with van der Waals surface area (Å²) >= 11 is 0. The third-order valence-electron chi connectivity index (χ3n) is 5.88. The highest BCUT2D eigenvalue weighted by Gasteiger charge is 2.52. The number of aryl methyl sites for hydroxylation is 1. The highest BCUT2D eigenvalue weighted by molar-refractivity contribution is 6.63. The van der Waals surface area contributed by atoms with Gasteiger partial charge in [-0.25, -0.2) is 0 Å². The normalized spacial score (nSPS) is 20.4. The van der Waals surface area contributed by atoms with E-state index in [0.29, 0.717) is 5.75 Å². The van der Waals surface area contributed by atoms with Crippen molar-refractivity contribution in [2.75, 3.05) is 7.11 Å². The van der Waals surface area contributed by atoms with Crippen LogP contribution in [0.4, 0.5) is 0 Å². The van der Waals surface area contributed by atoms with E-state index in [4.69, 9.17) is 14.0 Å². The number of ether oxygens (including phenoxy) is 1. The van der Waals surface area contributed by atoms with E-state index in [9.17, 15) is 5.11 Å². The second-order valence-electron chi connectivity index (χ2n) is 8.49. The van der Waals surface area contributed by atoms with Gasteiger partial charge in [0.05, 0.1) is 18.3 Å². The molecule has 2 aromatic carbocycles. The van der Waals surface area contributed by atoms with E-state index in [2.05, 4.69) is 0 Å². The van der Waals surface area contributed by atoms with Gasteiger partial charge in [-0.1, -0.05) is 42.0 Å². The topological polar surface area (TPSA) is 47.9 Å². The number of methoxy groups -OCH3 is 1. The van der Waals surface area contributed by atoms with E-state index in [1.807, 2.05) is 77.1 Å². The Bertz CT molecular complexity index is 826. The van der Waals surface area contributed by atoms with Crippen LogP contribution < -0.4 is 10.2 Å². The number of rotatable bonds is 4. The molecule has 5 heteroatoms. The van der Waals surface area contributed by atoms with Gasteiger partial charge in [-0.2, -0.15) is 0 Å². The Balaban J connectivity index is 1.98. The maximum Gasteiger partial charge on any atom is 0.498 e. The van der Waals surface area contributed by atoms with Crippen molar-refractivity contribution in [3.8, 4) is 5.75 Å². The molecule has 1 fully saturated rings. The highest BCUT2D eigenvalue weighted by Crippen LogP contribution is 2.38. The Kier molecular flexibility index (Phi) is 4.92. The molecule has 0 amide bonds. The zero-order chi connectivity index (χ0) is 20.0. The first-order valence-corrected chi connectivity index (χ1v) is 9.31. The van der Waals surface area contributed by atoms with Crippen LogP contribution in [0, 0.1) is 6.92 Å². The Morgan fingerprint density at radius 2 is 1.56 bits per heavy atom. The van der Waals surface area contributed by atoms with E-state index < -0.39 is 23.9 Å². The Hall–Kier alpha value is -1.82. The minimum atomic E-state index is -1.13. The summed E-state index contributed by atoms with van der Waals surface area (Å²) in [7, 11) is 1.11. The molecule has 0 radical (unpaired) electrons. The minimum Gasteiger partial charge on any atom is -0.497 e. The van der Waals surface area contributed by atoms with Crippen molar-refractivity contribution in [2.45, 2.75) is 58.3 Å². The van der Waals surface area contributed by atoms with E-state index >= 15 is 0 Å². The first-order valence-electron chi connectivity index (χ1n) is 9.31. The molecular weight excluding hydrogens is 339 g/mol. The largest absolute Gasteiger partial charge is 0.498 e. The lowest BCUT2D eigenvalue weighted by molar-refractivity contribution is 0.00578. The molecule has 1 N–H and O–H groups in total. The Morgan fingerprint density at radius 1 is 0.963 bits per heavy atom. The molecule has 1 saturated heterocycles. The molecule has 0 spiro atoms. The summed E-state index contributed by atoms with van der Waals surface area (Å²) in [5, 5.41) is 11.2. The minimum absolute atomic E-state index is 0.422. The summed E-state index contributed by atoms with van der Waals surface area (Å²) in [4.78, 5) is 0. The molecule has 0 aliphatic carbocycles. The van der Waals surface area contributed by atoms with Crippen molar-refractivity contribution in [3.05, 3.63) is 59.2 Å². The monoisotopic (exact) mass is 368 g/mol. The second-order valence-corrected chi connectivity index (χ2v) is 8.49. The summed E-state index contributed by atoms with van der Waals surface area (Å²) in [5.74, 6) is 0.638. The van der Waals surface area contributed by atoms with E-state index in [0.717, 1.165) is 22.2 Å². The van der Waals surface area contributed by atoms with Crippen LogP contribution in [0.25, 0.3) is 0 Å². The van der Waals surface area contributed by atoms with Crippen LogP contribution in [0.3, 0.4) is 0 Å². The molecule has 0 aromatic heterocycles. The SMILES string of the molecule is COc1cc(C(C)(O)c2cccc(C)c2)ccc1B1OC(C)(C)C(C)(C)O1. The van der Waals surface area contributed by atoms with Crippen LogP contribution in [0.5, 0.6) is 5.75 Å². The van der Waals surface area contributed by atoms with Gasteiger partial charge in [0.1, 0.15) is 11.4 Å². The summed E-state index contributed by atoms with van der Waals surface area (Å²) in [6, 6.07) is 13.6. The molecule has 3 rings (SSSR count). The maximum atomic E-state index is 11.2. The van der Waals surface area contributed by atoms with E-state index in [1.54, 1.807) is 14.0 Å². The fraction of sp³-hybridized carbons (Fsp3) is 0.455. The predicted molar refractivity (Wildman–Crippen MR) is 109 cm³/mol. The van der Waals surface area contributed by atoms with Crippen molar-refractivity contribution in [1.29, 1.82) is 0 Å². The van der Waals surface area contributed by atoms with Gasteiger partial charge in [-0.15, -0.1) is 0 Å². The molecule has 1 aliphatic heterocycles. The molecule has 0 bridgehead atoms. The molecule has 27 heavy (non-hydrogen) atoms. The van der Waals surface area contributed by atoms with Crippen molar-refractivity contribution in [3.63, 3.8) is 0 Å². The average molecular weight is 368 g/mol. The summed E-state index contributed by atoms with van der Waals surface area (Å²) in [6.07, 6.45) is 0. The zero-order valence-corrected chi connectivity index (χ0v) is 17.3. The number of hydrogen-bond donors (Lipinski definition) is 1. The molecule has 1 heterocycles. The fourth-order valence-electron chi connectivity index (χ4n) is 3.29. The first kappa shape index (κ1) is 19.9. The van der Waals surface area contributed by atoms with Crippen LogP contribution >= 0.6 is 0 Å². The van der Waals surface area contributed by atoms with Gasteiger partial charge in [0.15, 0.2) is 0 Å². The van der Waals surface area contributed by atoms with Crippen molar-refractivity contribution in [1.82, 2.24) is 0 Å². The lowest BCUT2D eigenvalue weighted by Gasteiger charge is -2.32. The predicted octanol–water partition coefficient (Wildman–Crippen LogP) is 3.56. The maximum absolute atomic E-state index is 11.2. The van der Waals surface area contributed by atoms with Crippen LogP contribution in [0.1, 0.15) is 51.3 Å². The molecule has 1 aliphatic rings. The van der Waals surface area contributed by atoms with Gasteiger partial charge in [0, 0.05) is 5.46 Å². The van der Waals surface area contributed by atoms with Crippen molar-refractivity contribution in [2.24, 2.45) is 0 Å². The van der Waals surface area contributed by atoms with Crippen LogP contribution in [-0.2, 0) is 14.9 Å². The fourth-order valence-corrected chi connectivity index (χ4v) is 3.29. The molecule has 4 nitrogen and oxygen atoms in total. The van der Waals surface area contributed by atoms with Gasteiger partial charge in [0.25, 0.3) is 0 Å². The quantitative estimate of drug-likeness (QED) is 0.839. The van der Waals surface area contributed by atoms with Crippen LogP contribution in [-0.4, -0.2) is 30.5 Å². The van der Waals surface area contributed by atoms with Crippen LogP contribution in [0.2, 0.25) is 0 Å². The van der Waals surface area contributed by atoms with Crippen LogP contribution in [0.15, 0.2) is 42.5 Å². The number of hydrogen-bond acceptors (Lipinski definition) is 4. The van der Waals surface area contributed by atoms with E-state index in [1.165, 1.54) is 0 Å². The van der Waals surface area contributed by atoms with Gasteiger partial charge in [-0.3, -0.25) is 0 Å². The number of benzene rings is 2. The van der Waals surface area contributed by atoms with Gasteiger partial charge in [0.2, 0.25) is 0 Å². The van der Waals surface area contributed by atoms with E-state index in [-0.39, 0.29) is 0 Å². The molecule has 0 saturated carbocycles. The Labute approximate surface area is 162 Å². The molecular formula is C22H29BO4. The summed E-state index contributed by atoms with van der Waals surface area (Å²) in [6.45, 7) is 11.9. The van der Waals surface area contributed by atoms with Crippen molar-refractivity contribution >= 4 is 12.6 Å².